The highest BCUT2D eigenvalue weighted by atomic mass is 35.5. The number of hydrogen-bond acceptors (Lipinski definition) is 4. The lowest BCUT2D eigenvalue weighted by Crippen LogP contribution is -2.23. The summed E-state index contributed by atoms with van der Waals surface area (Å²) in [6, 6.07) is 7.41. The first-order chi connectivity index (χ1) is 11.2. The predicted octanol–water partition coefficient (Wildman–Crippen LogP) is 3.66. The van der Waals surface area contributed by atoms with Crippen molar-refractivity contribution in [2.75, 3.05) is 11.9 Å². The smallest absolute Gasteiger partial charge is 0.254 e. The second-order valence-corrected chi connectivity index (χ2v) is 5.61. The lowest BCUT2D eigenvalue weighted by Gasteiger charge is -2.07. The fraction of sp³-hybridized carbons (Fsp3) is 0.353. The molecule has 2 N–H and O–H groups in total. The van der Waals surface area contributed by atoms with Gasteiger partial charge in [0, 0.05) is 30.5 Å². The zero-order chi connectivity index (χ0) is 16.5. The molecule has 0 aliphatic carbocycles. The number of carbonyl (C=O) groups is 1. The van der Waals surface area contributed by atoms with Crippen LogP contribution in [-0.4, -0.2) is 22.4 Å². The Bertz CT molecular complexity index is 631. The van der Waals surface area contributed by atoms with E-state index in [1.807, 2.05) is 18.2 Å². The maximum absolute atomic E-state index is 12.1. The Morgan fingerprint density at radius 3 is 2.61 bits per heavy atom. The Hall–Kier alpha value is -2.14. The average Bonchev–Trinajstić information content (AvgIpc) is 2.58. The molecular formula is C17H21ClN4O. The van der Waals surface area contributed by atoms with E-state index in [0.717, 1.165) is 18.5 Å². The molecule has 1 heterocycles. The maximum atomic E-state index is 12.1. The van der Waals surface area contributed by atoms with Crippen molar-refractivity contribution in [1.29, 1.82) is 0 Å². The SMILES string of the molecule is CCCCCNc1ncc(C(=O)NCc2ccccc2Cl)cn1. The fourth-order valence-electron chi connectivity index (χ4n) is 2.03. The summed E-state index contributed by atoms with van der Waals surface area (Å²) in [6.45, 7) is 3.37. The summed E-state index contributed by atoms with van der Waals surface area (Å²) >= 11 is 6.06. The van der Waals surface area contributed by atoms with Gasteiger partial charge in [0.05, 0.1) is 5.56 Å². The number of benzene rings is 1. The maximum Gasteiger partial charge on any atom is 0.254 e. The Kier molecular flexibility index (Phi) is 6.81. The van der Waals surface area contributed by atoms with E-state index in [4.69, 9.17) is 11.6 Å². The van der Waals surface area contributed by atoms with Gasteiger partial charge < -0.3 is 10.6 Å². The van der Waals surface area contributed by atoms with E-state index in [9.17, 15) is 4.79 Å². The minimum Gasteiger partial charge on any atom is -0.354 e. The van der Waals surface area contributed by atoms with Crippen molar-refractivity contribution in [3.8, 4) is 0 Å². The van der Waals surface area contributed by atoms with Crippen molar-refractivity contribution >= 4 is 23.5 Å². The number of halogens is 1. The second-order valence-electron chi connectivity index (χ2n) is 5.20. The van der Waals surface area contributed by atoms with Gasteiger partial charge in [-0.2, -0.15) is 0 Å². The van der Waals surface area contributed by atoms with Gasteiger partial charge in [-0.15, -0.1) is 0 Å². The molecule has 0 atom stereocenters. The van der Waals surface area contributed by atoms with Crippen LogP contribution in [0.25, 0.3) is 0 Å². The summed E-state index contributed by atoms with van der Waals surface area (Å²) in [5, 5.41) is 6.59. The molecule has 0 fully saturated rings. The molecule has 0 spiro atoms. The molecule has 1 aromatic heterocycles. The molecule has 1 amide bonds. The number of carbonyl (C=O) groups excluding carboxylic acids is 1. The van der Waals surface area contributed by atoms with Gasteiger partial charge in [-0.1, -0.05) is 49.6 Å². The van der Waals surface area contributed by atoms with Crippen LogP contribution in [0.15, 0.2) is 36.7 Å². The molecule has 5 nitrogen and oxygen atoms in total. The van der Waals surface area contributed by atoms with Crippen LogP contribution >= 0.6 is 11.6 Å². The Balaban J connectivity index is 1.84. The number of hydrogen-bond donors (Lipinski definition) is 2. The molecule has 23 heavy (non-hydrogen) atoms. The number of nitrogens with zero attached hydrogens (tertiary/aromatic N) is 2. The van der Waals surface area contributed by atoms with Crippen molar-refractivity contribution in [2.24, 2.45) is 0 Å². The molecule has 1 aromatic carbocycles. The van der Waals surface area contributed by atoms with Gasteiger partial charge in [0.15, 0.2) is 0 Å². The van der Waals surface area contributed by atoms with Crippen molar-refractivity contribution in [3.05, 3.63) is 52.8 Å². The lowest BCUT2D eigenvalue weighted by molar-refractivity contribution is 0.0950. The lowest BCUT2D eigenvalue weighted by atomic mass is 10.2. The van der Waals surface area contributed by atoms with Crippen LogP contribution in [0.4, 0.5) is 5.95 Å². The molecule has 0 bridgehead atoms. The Morgan fingerprint density at radius 2 is 1.91 bits per heavy atom. The third-order valence-electron chi connectivity index (χ3n) is 3.37. The summed E-state index contributed by atoms with van der Waals surface area (Å²) in [7, 11) is 0. The highest BCUT2D eigenvalue weighted by Gasteiger charge is 2.08. The first kappa shape index (κ1) is 17.2. The Morgan fingerprint density at radius 1 is 1.17 bits per heavy atom. The highest BCUT2D eigenvalue weighted by Crippen LogP contribution is 2.14. The normalized spacial score (nSPS) is 10.3. The minimum absolute atomic E-state index is 0.220. The molecule has 122 valence electrons. The van der Waals surface area contributed by atoms with E-state index >= 15 is 0 Å². The van der Waals surface area contributed by atoms with Crippen molar-refractivity contribution in [1.82, 2.24) is 15.3 Å². The van der Waals surface area contributed by atoms with Crippen molar-refractivity contribution < 1.29 is 4.79 Å². The van der Waals surface area contributed by atoms with Crippen LogP contribution in [-0.2, 0) is 6.54 Å². The molecule has 0 unspecified atom stereocenters. The molecular weight excluding hydrogens is 312 g/mol. The molecule has 6 heteroatoms. The molecule has 2 rings (SSSR count). The van der Waals surface area contributed by atoms with E-state index in [1.165, 1.54) is 25.2 Å². The second kappa shape index (κ2) is 9.10. The summed E-state index contributed by atoms with van der Waals surface area (Å²) in [6.07, 6.45) is 6.48. The van der Waals surface area contributed by atoms with Crippen molar-refractivity contribution in [2.45, 2.75) is 32.7 Å². The highest BCUT2D eigenvalue weighted by molar-refractivity contribution is 6.31. The van der Waals surface area contributed by atoms with Gasteiger partial charge in [-0.05, 0) is 18.1 Å². The monoisotopic (exact) mass is 332 g/mol. The minimum atomic E-state index is -0.220. The van der Waals surface area contributed by atoms with Gasteiger partial charge in [0.2, 0.25) is 5.95 Å². The van der Waals surface area contributed by atoms with Gasteiger partial charge in [0.1, 0.15) is 0 Å². The van der Waals surface area contributed by atoms with E-state index in [1.54, 1.807) is 6.07 Å². The van der Waals surface area contributed by atoms with Crippen LogP contribution in [0.2, 0.25) is 5.02 Å². The molecule has 0 radical (unpaired) electrons. The average molecular weight is 333 g/mol. The zero-order valence-corrected chi connectivity index (χ0v) is 13.9. The number of amides is 1. The van der Waals surface area contributed by atoms with E-state index < -0.39 is 0 Å². The van der Waals surface area contributed by atoms with Gasteiger partial charge in [-0.25, -0.2) is 9.97 Å². The zero-order valence-electron chi connectivity index (χ0n) is 13.2. The third kappa shape index (κ3) is 5.53. The number of anilines is 1. The Labute approximate surface area is 141 Å². The van der Waals surface area contributed by atoms with Gasteiger partial charge >= 0.3 is 0 Å². The van der Waals surface area contributed by atoms with Crippen LogP contribution < -0.4 is 10.6 Å². The number of rotatable bonds is 8. The third-order valence-corrected chi connectivity index (χ3v) is 3.74. The molecule has 0 aliphatic rings. The molecule has 0 aliphatic heterocycles. The summed E-state index contributed by atoms with van der Waals surface area (Å²) < 4.78 is 0. The number of unbranched alkanes of at least 4 members (excludes halogenated alkanes) is 2. The van der Waals surface area contributed by atoms with Crippen molar-refractivity contribution in [3.63, 3.8) is 0 Å². The van der Waals surface area contributed by atoms with E-state index in [2.05, 4.69) is 27.5 Å². The van der Waals surface area contributed by atoms with Gasteiger partial charge in [0.25, 0.3) is 5.91 Å². The number of nitrogens with one attached hydrogen (secondary N) is 2. The van der Waals surface area contributed by atoms with E-state index in [0.29, 0.717) is 23.1 Å². The van der Waals surface area contributed by atoms with Crippen LogP contribution in [0.5, 0.6) is 0 Å². The fourth-order valence-corrected chi connectivity index (χ4v) is 2.23. The van der Waals surface area contributed by atoms with Crippen LogP contribution in [0.3, 0.4) is 0 Å². The molecule has 0 saturated carbocycles. The van der Waals surface area contributed by atoms with E-state index in [-0.39, 0.29) is 5.91 Å². The largest absolute Gasteiger partial charge is 0.354 e. The van der Waals surface area contributed by atoms with Gasteiger partial charge in [-0.3, -0.25) is 4.79 Å². The number of aromatic nitrogens is 2. The standard InChI is InChI=1S/C17H21ClN4O/c1-2-3-6-9-19-17-21-11-14(12-22-17)16(23)20-10-13-7-4-5-8-15(13)18/h4-5,7-8,11-12H,2-3,6,9-10H2,1H3,(H,20,23)(H,19,21,22). The predicted molar refractivity (Wildman–Crippen MR) is 92.7 cm³/mol. The molecule has 0 saturated heterocycles. The van der Waals surface area contributed by atoms with Crippen LogP contribution in [0.1, 0.15) is 42.1 Å². The molecule has 2 aromatic rings. The first-order valence-electron chi connectivity index (χ1n) is 7.78. The quantitative estimate of drug-likeness (QED) is 0.724. The summed E-state index contributed by atoms with van der Waals surface area (Å²) in [5.74, 6) is 0.325. The van der Waals surface area contributed by atoms with Crippen LogP contribution in [0, 0.1) is 0 Å². The first-order valence-corrected chi connectivity index (χ1v) is 8.16. The topological polar surface area (TPSA) is 66.9 Å². The summed E-state index contributed by atoms with van der Waals surface area (Å²) in [5.41, 5.74) is 1.30. The summed E-state index contributed by atoms with van der Waals surface area (Å²) in [4.78, 5) is 20.4.